The van der Waals surface area contributed by atoms with Crippen LogP contribution in [0.25, 0.3) is 0 Å². The smallest absolute Gasteiger partial charge is 0.0176 e. The molecule has 0 radical (unpaired) electrons. The van der Waals surface area contributed by atoms with Crippen LogP contribution in [0.5, 0.6) is 0 Å². The second kappa shape index (κ2) is 6.35. The molecule has 0 N–H and O–H groups in total. The largest absolute Gasteiger partial charge is 0.0993 e. The zero-order chi connectivity index (χ0) is 12.1. The van der Waals surface area contributed by atoms with E-state index in [-0.39, 0.29) is 5.41 Å². The number of hydrogen-bond acceptors (Lipinski definition) is 0. The van der Waals surface area contributed by atoms with Gasteiger partial charge in [0.05, 0.1) is 0 Å². The molecule has 0 spiro atoms. The van der Waals surface area contributed by atoms with Crippen molar-refractivity contribution in [3.8, 4) is 0 Å². The summed E-state index contributed by atoms with van der Waals surface area (Å²) in [7, 11) is 0. The maximum absolute atomic E-state index is 4.21. The van der Waals surface area contributed by atoms with Crippen LogP contribution in [-0.4, -0.2) is 0 Å². The second-order valence-electron chi connectivity index (χ2n) is 6.30. The maximum Gasteiger partial charge on any atom is -0.0176 e. The van der Waals surface area contributed by atoms with E-state index >= 15 is 0 Å². The first-order valence-corrected chi connectivity index (χ1v) is 6.45. The Bertz CT molecular complexity index is 181. The molecule has 0 saturated heterocycles. The van der Waals surface area contributed by atoms with Gasteiger partial charge in [-0.25, -0.2) is 0 Å². The Hall–Kier alpha value is -0.260. The molecule has 1 atom stereocenters. The first-order chi connectivity index (χ1) is 6.77. The van der Waals surface area contributed by atoms with Gasteiger partial charge >= 0.3 is 0 Å². The average molecular weight is 210 g/mol. The quantitative estimate of drug-likeness (QED) is 0.512. The predicted octanol–water partition coefficient (Wildman–Crippen LogP) is 5.44. The molecule has 0 heteroatoms. The average Bonchev–Trinajstić information content (AvgIpc) is 2.09. The van der Waals surface area contributed by atoms with E-state index in [1.807, 2.05) is 0 Å². The second-order valence-corrected chi connectivity index (χ2v) is 6.30. The van der Waals surface area contributed by atoms with E-state index in [1.165, 1.54) is 31.3 Å². The van der Waals surface area contributed by atoms with Crippen molar-refractivity contribution in [2.24, 2.45) is 17.3 Å². The van der Waals surface area contributed by atoms with Gasteiger partial charge in [-0.05, 0) is 36.5 Å². The summed E-state index contributed by atoms with van der Waals surface area (Å²) in [5, 5.41) is 0. The van der Waals surface area contributed by atoms with Crippen molar-refractivity contribution in [2.45, 2.75) is 67.2 Å². The highest BCUT2D eigenvalue weighted by molar-refractivity contribution is 5.04. The van der Waals surface area contributed by atoms with E-state index in [0.29, 0.717) is 0 Å². The Labute approximate surface area is 97.2 Å². The van der Waals surface area contributed by atoms with E-state index in [1.54, 1.807) is 0 Å². The standard InChI is InChI=1S/C15H30/c1-8-14(11-12(2)3)10-9-13(4)15(5,6)7/h12,14H,4,8-11H2,1-3,5-7H3. The van der Waals surface area contributed by atoms with E-state index in [9.17, 15) is 0 Å². The summed E-state index contributed by atoms with van der Waals surface area (Å²) in [6.45, 7) is 18.0. The molecule has 0 bridgehead atoms. The summed E-state index contributed by atoms with van der Waals surface area (Å²) >= 11 is 0. The van der Waals surface area contributed by atoms with Crippen LogP contribution in [0.2, 0.25) is 0 Å². The number of rotatable bonds is 6. The molecular formula is C15H30. The molecule has 0 aliphatic heterocycles. The lowest BCUT2D eigenvalue weighted by molar-refractivity contribution is 0.363. The molecule has 0 nitrogen and oxygen atoms in total. The normalized spacial score (nSPS) is 14.3. The minimum absolute atomic E-state index is 0.288. The van der Waals surface area contributed by atoms with Gasteiger partial charge < -0.3 is 0 Å². The highest BCUT2D eigenvalue weighted by Gasteiger charge is 2.16. The molecule has 0 aliphatic carbocycles. The highest BCUT2D eigenvalue weighted by Crippen LogP contribution is 2.30. The molecule has 0 amide bonds. The van der Waals surface area contributed by atoms with E-state index < -0.39 is 0 Å². The first-order valence-electron chi connectivity index (χ1n) is 6.45. The van der Waals surface area contributed by atoms with Gasteiger partial charge in [0.15, 0.2) is 0 Å². The van der Waals surface area contributed by atoms with Crippen LogP contribution >= 0.6 is 0 Å². The van der Waals surface area contributed by atoms with Crippen molar-refractivity contribution in [3.05, 3.63) is 12.2 Å². The van der Waals surface area contributed by atoms with Gasteiger partial charge in [-0.1, -0.05) is 60.1 Å². The third-order valence-electron chi connectivity index (χ3n) is 3.30. The molecule has 0 aromatic rings. The zero-order valence-electron chi connectivity index (χ0n) is 11.7. The summed E-state index contributed by atoms with van der Waals surface area (Å²) in [4.78, 5) is 0. The summed E-state index contributed by atoms with van der Waals surface area (Å²) in [6.07, 6.45) is 5.21. The van der Waals surface area contributed by atoms with Gasteiger partial charge in [0.1, 0.15) is 0 Å². The molecule has 0 aromatic heterocycles. The van der Waals surface area contributed by atoms with Crippen LogP contribution in [0.4, 0.5) is 0 Å². The monoisotopic (exact) mass is 210 g/mol. The minimum atomic E-state index is 0.288. The third kappa shape index (κ3) is 6.76. The number of allylic oxidation sites excluding steroid dienone is 1. The molecule has 0 heterocycles. The van der Waals surface area contributed by atoms with Crippen molar-refractivity contribution < 1.29 is 0 Å². The molecule has 15 heavy (non-hydrogen) atoms. The van der Waals surface area contributed by atoms with Crippen LogP contribution in [-0.2, 0) is 0 Å². The maximum atomic E-state index is 4.21. The van der Waals surface area contributed by atoms with Crippen molar-refractivity contribution in [1.82, 2.24) is 0 Å². The summed E-state index contributed by atoms with van der Waals surface area (Å²) in [6, 6.07) is 0. The Morgan fingerprint density at radius 3 is 2.07 bits per heavy atom. The Balaban J connectivity index is 3.96. The predicted molar refractivity (Wildman–Crippen MR) is 71.1 cm³/mol. The summed E-state index contributed by atoms with van der Waals surface area (Å²) in [5.41, 5.74) is 1.69. The van der Waals surface area contributed by atoms with Gasteiger partial charge in [0.2, 0.25) is 0 Å². The molecule has 0 fully saturated rings. The van der Waals surface area contributed by atoms with Crippen molar-refractivity contribution in [3.63, 3.8) is 0 Å². The molecule has 0 saturated carbocycles. The molecule has 90 valence electrons. The van der Waals surface area contributed by atoms with E-state index in [2.05, 4.69) is 48.1 Å². The fourth-order valence-corrected chi connectivity index (χ4v) is 1.91. The highest BCUT2D eigenvalue weighted by atomic mass is 14.2. The van der Waals surface area contributed by atoms with E-state index in [4.69, 9.17) is 0 Å². The Kier molecular flexibility index (Phi) is 6.24. The topological polar surface area (TPSA) is 0 Å². The van der Waals surface area contributed by atoms with Gasteiger partial charge in [-0.3, -0.25) is 0 Å². The fourth-order valence-electron chi connectivity index (χ4n) is 1.91. The van der Waals surface area contributed by atoms with Crippen molar-refractivity contribution in [1.29, 1.82) is 0 Å². The zero-order valence-corrected chi connectivity index (χ0v) is 11.7. The van der Waals surface area contributed by atoms with Crippen LogP contribution in [0.15, 0.2) is 12.2 Å². The SMILES string of the molecule is C=C(CCC(CC)CC(C)C)C(C)(C)C. The first kappa shape index (κ1) is 14.7. The van der Waals surface area contributed by atoms with Gasteiger partial charge in [-0.2, -0.15) is 0 Å². The molecule has 1 unspecified atom stereocenters. The van der Waals surface area contributed by atoms with Crippen LogP contribution < -0.4 is 0 Å². The minimum Gasteiger partial charge on any atom is -0.0993 e. The number of hydrogen-bond donors (Lipinski definition) is 0. The van der Waals surface area contributed by atoms with Gasteiger partial charge in [0.25, 0.3) is 0 Å². The third-order valence-corrected chi connectivity index (χ3v) is 3.30. The molecule has 0 rings (SSSR count). The molecule has 0 aliphatic rings. The van der Waals surface area contributed by atoms with Crippen molar-refractivity contribution >= 4 is 0 Å². The lowest BCUT2D eigenvalue weighted by atomic mass is 9.81. The lowest BCUT2D eigenvalue weighted by Gasteiger charge is -2.24. The van der Waals surface area contributed by atoms with E-state index in [0.717, 1.165) is 11.8 Å². The van der Waals surface area contributed by atoms with Crippen LogP contribution in [0.1, 0.15) is 67.2 Å². The Morgan fingerprint density at radius 1 is 1.20 bits per heavy atom. The molecular weight excluding hydrogens is 180 g/mol. The van der Waals surface area contributed by atoms with Crippen LogP contribution in [0, 0.1) is 17.3 Å². The summed E-state index contributed by atoms with van der Waals surface area (Å²) < 4.78 is 0. The van der Waals surface area contributed by atoms with Crippen molar-refractivity contribution in [2.75, 3.05) is 0 Å². The van der Waals surface area contributed by atoms with Gasteiger partial charge in [-0.15, -0.1) is 0 Å². The lowest BCUT2D eigenvalue weighted by Crippen LogP contribution is -2.11. The summed E-state index contributed by atoms with van der Waals surface area (Å²) in [5.74, 6) is 1.72. The fraction of sp³-hybridized carbons (Fsp3) is 0.867. The Morgan fingerprint density at radius 2 is 1.73 bits per heavy atom. The molecule has 0 aromatic carbocycles. The van der Waals surface area contributed by atoms with Gasteiger partial charge in [0, 0.05) is 0 Å². The van der Waals surface area contributed by atoms with Crippen LogP contribution in [0.3, 0.4) is 0 Å².